The zero-order valence-corrected chi connectivity index (χ0v) is 9.20. The van der Waals surface area contributed by atoms with E-state index in [-0.39, 0.29) is 22.1 Å². The maximum atomic E-state index is 13.0. The van der Waals surface area contributed by atoms with Crippen molar-refractivity contribution in [1.29, 1.82) is 0 Å². The van der Waals surface area contributed by atoms with Crippen LogP contribution in [-0.2, 0) is 7.05 Å². The number of benzene rings is 1. The van der Waals surface area contributed by atoms with Gasteiger partial charge in [-0.2, -0.15) is 5.10 Å². The molecule has 16 heavy (non-hydrogen) atoms. The Bertz CT molecular complexity index is 551. The smallest absolute Gasteiger partial charge is 0.214 e. The van der Waals surface area contributed by atoms with Gasteiger partial charge < -0.3 is 0 Å². The number of nitrogens with zero attached hydrogens (tertiary/aromatic N) is 2. The van der Waals surface area contributed by atoms with Crippen LogP contribution >= 0.6 is 11.6 Å². The van der Waals surface area contributed by atoms with Crippen molar-refractivity contribution in [2.24, 2.45) is 7.05 Å². The molecule has 0 spiro atoms. The Hall–Kier alpha value is -1.68. The standard InChI is InChI=1S/C11H8ClFN2O/c1-15-5-4-10(14-15)11(16)8-6-7(13)2-3-9(8)12/h2-6H,1H3. The number of aryl methyl sites for hydroxylation is 1. The van der Waals surface area contributed by atoms with Gasteiger partial charge in [-0.05, 0) is 24.3 Å². The van der Waals surface area contributed by atoms with Gasteiger partial charge in [0.05, 0.1) is 5.02 Å². The molecular formula is C11H8ClFN2O. The highest BCUT2D eigenvalue weighted by Gasteiger charge is 2.15. The van der Waals surface area contributed by atoms with Crippen LogP contribution in [0.15, 0.2) is 30.5 Å². The largest absolute Gasteiger partial charge is 0.287 e. The summed E-state index contributed by atoms with van der Waals surface area (Å²) in [4.78, 5) is 11.9. The Kier molecular flexibility index (Phi) is 2.75. The van der Waals surface area contributed by atoms with Crippen molar-refractivity contribution in [2.45, 2.75) is 0 Å². The van der Waals surface area contributed by atoms with E-state index in [9.17, 15) is 9.18 Å². The van der Waals surface area contributed by atoms with Crippen molar-refractivity contribution in [3.05, 3.63) is 52.6 Å². The van der Waals surface area contributed by atoms with Crippen molar-refractivity contribution < 1.29 is 9.18 Å². The van der Waals surface area contributed by atoms with Gasteiger partial charge in [0.2, 0.25) is 5.78 Å². The van der Waals surface area contributed by atoms with E-state index >= 15 is 0 Å². The lowest BCUT2D eigenvalue weighted by Crippen LogP contribution is -2.04. The summed E-state index contributed by atoms with van der Waals surface area (Å²) in [5.41, 5.74) is 0.371. The van der Waals surface area contributed by atoms with Crippen LogP contribution in [-0.4, -0.2) is 15.6 Å². The van der Waals surface area contributed by atoms with Crippen molar-refractivity contribution in [3.8, 4) is 0 Å². The summed E-state index contributed by atoms with van der Waals surface area (Å²) in [6, 6.07) is 5.23. The first-order valence-electron chi connectivity index (χ1n) is 4.57. The number of hydrogen-bond acceptors (Lipinski definition) is 2. The van der Waals surface area contributed by atoms with Crippen LogP contribution in [0.4, 0.5) is 4.39 Å². The topological polar surface area (TPSA) is 34.9 Å². The average molecular weight is 239 g/mol. The SMILES string of the molecule is Cn1ccc(C(=O)c2cc(F)ccc2Cl)n1. The fourth-order valence-corrected chi connectivity index (χ4v) is 1.55. The molecular weight excluding hydrogens is 231 g/mol. The zero-order chi connectivity index (χ0) is 11.7. The molecule has 3 nitrogen and oxygen atoms in total. The summed E-state index contributed by atoms with van der Waals surface area (Å²) in [5.74, 6) is -0.881. The molecule has 82 valence electrons. The van der Waals surface area contributed by atoms with Crippen LogP contribution < -0.4 is 0 Å². The van der Waals surface area contributed by atoms with Crippen molar-refractivity contribution in [1.82, 2.24) is 9.78 Å². The third-order valence-electron chi connectivity index (χ3n) is 2.12. The molecule has 0 bridgehead atoms. The molecule has 0 atom stereocenters. The minimum absolute atomic E-state index is 0.125. The molecule has 0 unspecified atom stereocenters. The highest BCUT2D eigenvalue weighted by molar-refractivity contribution is 6.34. The molecule has 0 N–H and O–H groups in total. The zero-order valence-electron chi connectivity index (χ0n) is 8.45. The predicted molar refractivity (Wildman–Crippen MR) is 58.1 cm³/mol. The number of aromatic nitrogens is 2. The van der Waals surface area contributed by atoms with Crippen molar-refractivity contribution in [2.75, 3.05) is 0 Å². The second-order valence-corrected chi connectivity index (χ2v) is 3.74. The number of carbonyl (C=O) groups is 1. The van der Waals surface area contributed by atoms with E-state index in [0.717, 1.165) is 6.07 Å². The second-order valence-electron chi connectivity index (χ2n) is 3.33. The Labute approximate surface area is 96.5 Å². The Balaban J connectivity index is 2.45. The third kappa shape index (κ3) is 1.97. The third-order valence-corrected chi connectivity index (χ3v) is 2.45. The lowest BCUT2D eigenvalue weighted by Gasteiger charge is -2.00. The summed E-state index contributed by atoms with van der Waals surface area (Å²) in [6.45, 7) is 0. The van der Waals surface area contributed by atoms with Crippen molar-refractivity contribution in [3.63, 3.8) is 0 Å². The van der Waals surface area contributed by atoms with Gasteiger partial charge in [0.15, 0.2) is 0 Å². The molecule has 0 aliphatic rings. The van der Waals surface area contributed by atoms with E-state index in [2.05, 4.69) is 5.10 Å². The van der Waals surface area contributed by atoms with Gasteiger partial charge in [-0.3, -0.25) is 9.48 Å². The van der Waals surface area contributed by atoms with Gasteiger partial charge in [-0.15, -0.1) is 0 Å². The van der Waals surface area contributed by atoms with Gasteiger partial charge in [0.1, 0.15) is 11.5 Å². The van der Waals surface area contributed by atoms with Crippen LogP contribution in [0.1, 0.15) is 16.1 Å². The minimum atomic E-state index is -0.497. The highest BCUT2D eigenvalue weighted by atomic mass is 35.5. The number of halogens is 2. The average Bonchev–Trinajstić information content (AvgIpc) is 2.67. The Morgan fingerprint density at radius 2 is 2.19 bits per heavy atom. The normalized spacial score (nSPS) is 10.4. The Morgan fingerprint density at radius 3 is 2.81 bits per heavy atom. The van der Waals surface area contributed by atoms with E-state index in [1.54, 1.807) is 19.3 Å². The molecule has 0 saturated heterocycles. The van der Waals surface area contributed by atoms with Crippen LogP contribution in [0, 0.1) is 5.82 Å². The van der Waals surface area contributed by atoms with Crippen LogP contribution in [0.3, 0.4) is 0 Å². The molecule has 1 heterocycles. The first kappa shape index (κ1) is 10.8. The molecule has 0 saturated carbocycles. The molecule has 2 aromatic rings. The van der Waals surface area contributed by atoms with Gasteiger partial charge in [-0.25, -0.2) is 4.39 Å². The van der Waals surface area contributed by atoms with Gasteiger partial charge in [0, 0.05) is 18.8 Å². The predicted octanol–water partition coefficient (Wildman–Crippen LogP) is 2.44. The molecule has 5 heteroatoms. The monoisotopic (exact) mass is 238 g/mol. The van der Waals surface area contributed by atoms with Crippen LogP contribution in [0.25, 0.3) is 0 Å². The maximum Gasteiger partial charge on any atom is 0.214 e. The summed E-state index contributed by atoms with van der Waals surface area (Å²) < 4.78 is 14.5. The molecule has 0 aliphatic carbocycles. The fourth-order valence-electron chi connectivity index (χ4n) is 1.35. The molecule has 0 amide bonds. The van der Waals surface area contributed by atoms with Gasteiger partial charge in [-0.1, -0.05) is 11.6 Å². The molecule has 2 rings (SSSR count). The molecule has 0 aliphatic heterocycles. The van der Waals surface area contributed by atoms with E-state index in [1.165, 1.54) is 16.8 Å². The van der Waals surface area contributed by atoms with E-state index in [4.69, 9.17) is 11.6 Å². The summed E-state index contributed by atoms with van der Waals surface area (Å²) in [6.07, 6.45) is 1.64. The first-order valence-corrected chi connectivity index (χ1v) is 4.95. The number of carbonyl (C=O) groups excluding carboxylic acids is 1. The van der Waals surface area contributed by atoms with E-state index in [1.807, 2.05) is 0 Å². The van der Waals surface area contributed by atoms with Gasteiger partial charge in [0.25, 0.3) is 0 Å². The van der Waals surface area contributed by atoms with Crippen LogP contribution in [0.5, 0.6) is 0 Å². The van der Waals surface area contributed by atoms with Gasteiger partial charge >= 0.3 is 0 Å². The number of hydrogen-bond donors (Lipinski definition) is 0. The lowest BCUT2D eigenvalue weighted by atomic mass is 10.1. The quantitative estimate of drug-likeness (QED) is 0.754. The highest BCUT2D eigenvalue weighted by Crippen LogP contribution is 2.19. The Morgan fingerprint density at radius 1 is 1.44 bits per heavy atom. The molecule has 0 radical (unpaired) electrons. The van der Waals surface area contributed by atoms with E-state index < -0.39 is 5.82 Å². The number of rotatable bonds is 2. The summed E-state index contributed by atoms with van der Waals surface area (Å²) in [7, 11) is 1.70. The van der Waals surface area contributed by atoms with E-state index in [0.29, 0.717) is 0 Å². The fraction of sp³-hybridized carbons (Fsp3) is 0.0909. The minimum Gasteiger partial charge on any atom is -0.287 e. The molecule has 1 aromatic heterocycles. The molecule has 0 fully saturated rings. The maximum absolute atomic E-state index is 13.0. The van der Waals surface area contributed by atoms with Crippen LogP contribution in [0.2, 0.25) is 5.02 Å². The molecule has 1 aromatic carbocycles. The first-order chi connectivity index (χ1) is 7.58. The van der Waals surface area contributed by atoms with Crippen molar-refractivity contribution >= 4 is 17.4 Å². The lowest BCUT2D eigenvalue weighted by molar-refractivity contribution is 0.103. The summed E-state index contributed by atoms with van der Waals surface area (Å²) in [5, 5.41) is 4.16. The number of ketones is 1. The second kappa shape index (κ2) is 4.06. The summed E-state index contributed by atoms with van der Waals surface area (Å²) >= 11 is 5.83.